The number of thiazole rings is 1. The third-order valence-corrected chi connectivity index (χ3v) is 5.15. The second-order valence-electron chi connectivity index (χ2n) is 4.28. The topological polar surface area (TPSA) is 34.4 Å². The summed E-state index contributed by atoms with van der Waals surface area (Å²) in [5.41, 5.74) is 0.362. The van der Waals surface area contributed by atoms with E-state index in [0.29, 0.717) is 24.2 Å². The van der Waals surface area contributed by atoms with Gasteiger partial charge in [0.2, 0.25) is 0 Å². The average molecular weight is 351 g/mol. The third kappa shape index (κ3) is 2.71. The van der Waals surface area contributed by atoms with Gasteiger partial charge in [0.15, 0.2) is 4.80 Å². The Bertz CT molecular complexity index is 977. The molecule has 1 amide bonds. The molecule has 0 atom stereocenters. The molecule has 0 radical (unpaired) electrons. The minimum atomic E-state index is -0.422. The minimum absolute atomic E-state index is 0.137. The van der Waals surface area contributed by atoms with Crippen LogP contribution in [0.25, 0.3) is 10.2 Å². The van der Waals surface area contributed by atoms with Gasteiger partial charge in [-0.2, -0.15) is 4.99 Å². The Balaban J connectivity index is 2.20. The molecular weight excluding hydrogens is 343 g/mol. The van der Waals surface area contributed by atoms with E-state index in [2.05, 4.69) is 10.9 Å². The molecule has 0 N–H and O–H groups in total. The summed E-state index contributed by atoms with van der Waals surface area (Å²) >= 11 is 8.19. The van der Waals surface area contributed by atoms with E-state index in [1.165, 1.54) is 22.0 Å². The summed E-state index contributed by atoms with van der Waals surface area (Å²) in [6.07, 6.45) is 5.34. The molecule has 0 bridgehead atoms. The number of amides is 1. The molecule has 22 heavy (non-hydrogen) atoms. The number of benzene rings is 1. The van der Waals surface area contributed by atoms with Crippen LogP contribution in [-0.4, -0.2) is 10.5 Å². The zero-order valence-corrected chi connectivity index (χ0v) is 13.4. The lowest BCUT2D eigenvalue weighted by atomic mass is 10.3. The van der Waals surface area contributed by atoms with Gasteiger partial charge in [-0.15, -0.1) is 17.8 Å². The quantitative estimate of drug-likeness (QED) is 0.645. The molecule has 1 aromatic carbocycles. The molecule has 0 saturated carbocycles. The molecule has 2 aromatic heterocycles. The van der Waals surface area contributed by atoms with Crippen molar-refractivity contribution >= 4 is 50.4 Å². The monoisotopic (exact) mass is 350 g/mol. The van der Waals surface area contributed by atoms with Gasteiger partial charge in [0.25, 0.3) is 5.91 Å². The molecule has 0 unspecified atom stereocenters. The van der Waals surface area contributed by atoms with Crippen molar-refractivity contribution in [2.75, 3.05) is 0 Å². The van der Waals surface area contributed by atoms with Crippen LogP contribution >= 0.6 is 34.3 Å². The fraction of sp³-hybridized carbons (Fsp3) is 0.0667. The van der Waals surface area contributed by atoms with Crippen LogP contribution in [-0.2, 0) is 6.54 Å². The summed E-state index contributed by atoms with van der Waals surface area (Å²) in [5, 5.41) is 0. The first-order valence-electron chi connectivity index (χ1n) is 6.16. The van der Waals surface area contributed by atoms with E-state index in [-0.39, 0.29) is 6.54 Å². The van der Waals surface area contributed by atoms with Crippen molar-refractivity contribution in [3.63, 3.8) is 0 Å². The smallest absolute Gasteiger partial charge is 0.289 e. The molecule has 0 spiro atoms. The molecule has 110 valence electrons. The molecule has 0 saturated heterocycles. The van der Waals surface area contributed by atoms with E-state index in [1.54, 1.807) is 24.3 Å². The number of carbonyl (C=O) groups excluding carboxylic acids is 1. The van der Waals surface area contributed by atoms with Crippen LogP contribution in [0.2, 0.25) is 4.34 Å². The Morgan fingerprint density at radius 2 is 2.18 bits per heavy atom. The van der Waals surface area contributed by atoms with E-state index in [4.69, 9.17) is 18.0 Å². The van der Waals surface area contributed by atoms with E-state index >= 15 is 0 Å². The van der Waals surface area contributed by atoms with Crippen LogP contribution in [0.3, 0.4) is 0 Å². The molecule has 7 heteroatoms. The van der Waals surface area contributed by atoms with Crippen molar-refractivity contribution < 1.29 is 9.18 Å². The first-order valence-corrected chi connectivity index (χ1v) is 8.17. The maximum atomic E-state index is 14.0. The maximum Gasteiger partial charge on any atom is 0.289 e. The van der Waals surface area contributed by atoms with Gasteiger partial charge >= 0.3 is 0 Å². The summed E-state index contributed by atoms with van der Waals surface area (Å²) < 4.78 is 16.8. The van der Waals surface area contributed by atoms with Crippen LogP contribution in [0.5, 0.6) is 0 Å². The number of aromatic nitrogens is 1. The SMILES string of the molecule is C#CCn1c(=NC(=O)c2ccc(Cl)s2)sc2cccc(F)c21. The summed E-state index contributed by atoms with van der Waals surface area (Å²) in [6.45, 7) is 0.137. The molecule has 0 fully saturated rings. The summed E-state index contributed by atoms with van der Waals surface area (Å²) in [4.78, 5) is 17.0. The van der Waals surface area contributed by atoms with Crippen LogP contribution in [0, 0.1) is 18.2 Å². The highest BCUT2D eigenvalue weighted by Gasteiger charge is 2.12. The average Bonchev–Trinajstić information content (AvgIpc) is 3.05. The fourth-order valence-electron chi connectivity index (χ4n) is 1.98. The van der Waals surface area contributed by atoms with Crippen molar-refractivity contribution in [1.29, 1.82) is 0 Å². The first-order chi connectivity index (χ1) is 10.6. The number of halogens is 2. The lowest BCUT2D eigenvalue weighted by Crippen LogP contribution is -2.16. The lowest BCUT2D eigenvalue weighted by molar-refractivity contribution is 0.100. The molecule has 3 rings (SSSR count). The Labute approximate surface area is 138 Å². The maximum absolute atomic E-state index is 14.0. The van der Waals surface area contributed by atoms with E-state index in [0.717, 1.165) is 11.3 Å². The highest BCUT2D eigenvalue weighted by molar-refractivity contribution is 7.18. The molecule has 0 aliphatic heterocycles. The number of nitrogens with zero attached hydrogens (tertiary/aromatic N) is 2. The highest BCUT2D eigenvalue weighted by Crippen LogP contribution is 2.23. The number of terminal acetylenes is 1. The van der Waals surface area contributed by atoms with Crippen LogP contribution < -0.4 is 4.80 Å². The molecule has 0 aliphatic rings. The Morgan fingerprint density at radius 3 is 2.86 bits per heavy atom. The molecule has 2 heterocycles. The van der Waals surface area contributed by atoms with Gasteiger partial charge in [-0.3, -0.25) is 4.79 Å². The Kier molecular flexibility index (Phi) is 4.12. The van der Waals surface area contributed by atoms with E-state index in [9.17, 15) is 9.18 Å². The normalized spacial score (nSPS) is 11.8. The number of hydrogen-bond donors (Lipinski definition) is 0. The highest BCUT2D eigenvalue weighted by atomic mass is 35.5. The zero-order chi connectivity index (χ0) is 15.7. The van der Waals surface area contributed by atoms with Gasteiger partial charge in [0.05, 0.1) is 26.0 Å². The molecule has 0 aliphatic carbocycles. The van der Waals surface area contributed by atoms with Gasteiger partial charge in [0.1, 0.15) is 5.82 Å². The van der Waals surface area contributed by atoms with Crippen molar-refractivity contribution in [1.82, 2.24) is 4.57 Å². The predicted octanol–water partition coefficient (Wildman–Crippen LogP) is 3.93. The van der Waals surface area contributed by atoms with Gasteiger partial charge in [0, 0.05) is 0 Å². The largest absolute Gasteiger partial charge is 0.302 e. The summed E-state index contributed by atoms with van der Waals surface area (Å²) in [6, 6.07) is 7.97. The van der Waals surface area contributed by atoms with Crippen molar-refractivity contribution in [3.05, 3.63) is 50.2 Å². The number of carbonyl (C=O) groups is 1. The van der Waals surface area contributed by atoms with Gasteiger partial charge in [-0.05, 0) is 24.3 Å². The van der Waals surface area contributed by atoms with Crippen molar-refractivity contribution in [3.8, 4) is 12.3 Å². The fourth-order valence-corrected chi connectivity index (χ4v) is 3.95. The molecule has 3 aromatic rings. The van der Waals surface area contributed by atoms with E-state index < -0.39 is 11.7 Å². The van der Waals surface area contributed by atoms with E-state index in [1.807, 2.05) is 0 Å². The number of hydrogen-bond acceptors (Lipinski definition) is 3. The van der Waals surface area contributed by atoms with Crippen molar-refractivity contribution in [2.24, 2.45) is 4.99 Å². The van der Waals surface area contributed by atoms with Crippen LogP contribution in [0.1, 0.15) is 9.67 Å². The van der Waals surface area contributed by atoms with Crippen LogP contribution in [0.4, 0.5) is 4.39 Å². The Morgan fingerprint density at radius 1 is 1.36 bits per heavy atom. The van der Waals surface area contributed by atoms with Gasteiger partial charge < -0.3 is 4.57 Å². The second kappa shape index (κ2) is 6.05. The summed E-state index contributed by atoms with van der Waals surface area (Å²) in [5.74, 6) is 1.65. The number of fused-ring (bicyclic) bond motifs is 1. The van der Waals surface area contributed by atoms with Gasteiger partial charge in [-0.25, -0.2) is 4.39 Å². The zero-order valence-electron chi connectivity index (χ0n) is 11.0. The van der Waals surface area contributed by atoms with Gasteiger partial charge in [-0.1, -0.05) is 34.9 Å². The van der Waals surface area contributed by atoms with Crippen molar-refractivity contribution in [2.45, 2.75) is 6.54 Å². The number of rotatable bonds is 2. The third-order valence-electron chi connectivity index (χ3n) is 2.88. The Hall–Kier alpha value is -1.94. The minimum Gasteiger partial charge on any atom is -0.302 e. The summed E-state index contributed by atoms with van der Waals surface area (Å²) in [7, 11) is 0. The molecule has 3 nitrogen and oxygen atoms in total. The predicted molar refractivity (Wildman–Crippen MR) is 87.8 cm³/mol. The number of para-hydroxylation sites is 1. The molecular formula is C15H8ClFN2OS2. The lowest BCUT2D eigenvalue weighted by Gasteiger charge is -2.00. The second-order valence-corrected chi connectivity index (χ2v) is 7.01. The van der Waals surface area contributed by atoms with Crippen LogP contribution in [0.15, 0.2) is 35.3 Å². The number of thiophene rings is 1. The standard InChI is InChI=1S/C15H8ClFN2OS2/c1-2-8-19-13-9(17)4-3-5-10(13)22-15(19)18-14(20)11-6-7-12(16)21-11/h1,3-7H,8H2. The first kappa shape index (κ1) is 15.0.